The summed E-state index contributed by atoms with van der Waals surface area (Å²) in [5, 5.41) is 9.24. The summed E-state index contributed by atoms with van der Waals surface area (Å²) < 4.78 is 6.24. The number of aromatic nitrogens is 3. The summed E-state index contributed by atoms with van der Waals surface area (Å²) in [5.41, 5.74) is 6.81. The highest BCUT2D eigenvalue weighted by molar-refractivity contribution is 6.15. The molecule has 0 aliphatic carbocycles. The van der Waals surface area contributed by atoms with Gasteiger partial charge < -0.3 is 4.42 Å². The average molecular weight is 626 g/mol. The fraction of sp³-hybridized carbons (Fsp3) is 0. The monoisotopic (exact) mass is 625 g/mol. The van der Waals surface area contributed by atoms with E-state index in [1.807, 2.05) is 60.7 Å². The van der Waals surface area contributed by atoms with E-state index >= 15 is 0 Å². The summed E-state index contributed by atoms with van der Waals surface area (Å²) in [7, 11) is 0. The second-order valence-electron chi connectivity index (χ2n) is 12.3. The molecule has 0 radical (unpaired) electrons. The van der Waals surface area contributed by atoms with Crippen LogP contribution in [0.4, 0.5) is 0 Å². The van der Waals surface area contributed by atoms with Crippen LogP contribution < -0.4 is 0 Å². The maximum absolute atomic E-state index is 6.24. The molecule has 0 N–H and O–H groups in total. The predicted molar refractivity (Wildman–Crippen MR) is 201 cm³/mol. The molecule has 0 aliphatic heterocycles. The van der Waals surface area contributed by atoms with Crippen molar-refractivity contribution in [2.24, 2.45) is 0 Å². The lowest BCUT2D eigenvalue weighted by Crippen LogP contribution is -2.01. The lowest BCUT2D eigenvalue weighted by Gasteiger charge is -2.14. The van der Waals surface area contributed by atoms with Crippen molar-refractivity contribution in [3.8, 4) is 45.3 Å². The van der Waals surface area contributed by atoms with Crippen LogP contribution in [-0.4, -0.2) is 15.0 Å². The second-order valence-corrected chi connectivity index (χ2v) is 12.3. The zero-order chi connectivity index (χ0) is 32.3. The van der Waals surface area contributed by atoms with Crippen molar-refractivity contribution in [2.75, 3.05) is 0 Å². The van der Waals surface area contributed by atoms with Crippen molar-refractivity contribution in [1.82, 2.24) is 15.0 Å². The minimum Gasteiger partial charge on any atom is -0.456 e. The van der Waals surface area contributed by atoms with Gasteiger partial charge in [-0.2, -0.15) is 0 Å². The Morgan fingerprint density at radius 2 is 0.837 bits per heavy atom. The van der Waals surface area contributed by atoms with E-state index in [9.17, 15) is 0 Å². The smallest absolute Gasteiger partial charge is 0.164 e. The molecule has 10 rings (SSSR count). The van der Waals surface area contributed by atoms with Gasteiger partial charge >= 0.3 is 0 Å². The van der Waals surface area contributed by atoms with Crippen LogP contribution in [-0.2, 0) is 0 Å². The number of hydrogen-bond acceptors (Lipinski definition) is 4. The Kier molecular flexibility index (Phi) is 6.15. The number of para-hydroxylation sites is 1. The van der Waals surface area contributed by atoms with Gasteiger partial charge in [-0.3, -0.25) is 0 Å². The Hall–Kier alpha value is -6.65. The molecule has 4 nitrogen and oxygen atoms in total. The molecule has 0 spiro atoms. The number of fused-ring (bicyclic) bond motifs is 7. The SMILES string of the molecule is c1ccc(-c2nc(-c3cccc4c(-c5cccc6c5ccc5ccccc56)cccc34)nc(-c3cccc4oc5ccccc5c34)n2)cc1. The lowest BCUT2D eigenvalue weighted by atomic mass is 9.91. The lowest BCUT2D eigenvalue weighted by molar-refractivity contribution is 0.669. The summed E-state index contributed by atoms with van der Waals surface area (Å²) in [6, 6.07) is 56.9. The van der Waals surface area contributed by atoms with Gasteiger partial charge in [0.25, 0.3) is 0 Å². The van der Waals surface area contributed by atoms with Crippen molar-refractivity contribution in [1.29, 1.82) is 0 Å². The summed E-state index contributed by atoms with van der Waals surface area (Å²) in [6.07, 6.45) is 0. The molecule has 49 heavy (non-hydrogen) atoms. The van der Waals surface area contributed by atoms with Gasteiger partial charge in [-0.15, -0.1) is 0 Å². The van der Waals surface area contributed by atoms with Gasteiger partial charge in [0.15, 0.2) is 17.5 Å². The molecular weight excluding hydrogens is 599 g/mol. The minimum absolute atomic E-state index is 0.607. The number of benzene rings is 8. The highest BCUT2D eigenvalue weighted by Crippen LogP contribution is 2.40. The Morgan fingerprint density at radius 1 is 0.306 bits per heavy atom. The fourth-order valence-electron chi connectivity index (χ4n) is 7.31. The van der Waals surface area contributed by atoms with Crippen molar-refractivity contribution in [3.05, 3.63) is 164 Å². The quantitative estimate of drug-likeness (QED) is 0.183. The molecular formula is C45H27N3O. The van der Waals surface area contributed by atoms with Gasteiger partial charge in [0, 0.05) is 27.5 Å². The highest BCUT2D eigenvalue weighted by Gasteiger charge is 2.19. The third-order valence-electron chi connectivity index (χ3n) is 9.55. The van der Waals surface area contributed by atoms with Gasteiger partial charge in [0.05, 0.1) is 0 Å². The molecule has 0 unspecified atom stereocenters. The second kappa shape index (κ2) is 11.0. The van der Waals surface area contributed by atoms with Crippen molar-refractivity contribution in [3.63, 3.8) is 0 Å². The molecule has 2 heterocycles. The van der Waals surface area contributed by atoms with E-state index in [4.69, 9.17) is 19.4 Å². The van der Waals surface area contributed by atoms with Crippen LogP contribution in [0.1, 0.15) is 0 Å². The van der Waals surface area contributed by atoms with Gasteiger partial charge in [0.1, 0.15) is 11.2 Å². The van der Waals surface area contributed by atoms with Crippen LogP contribution in [0.3, 0.4) is 0 Å². The van der Waals surface area contributed by atoms with Crippen LogP contribution in [0.2, 0.25) is 0 Å². The zero-order valence-electron chi connectivity index (χ0n) is 26.3. The molecule has 228 valence electrons. The molecule has 10 aromatic rings. The number of nitrogens with zero attached hydrogens (tertiary/aromatic N) is 3. The first-order valence-electron chi connectivity index (χ1n) is 16.5. The average Bonchev–Trinajstić information content (AvgIpc) is 3.56. The van der Waals surface area contributed by atoms with Crippen LogP contribution >= 0.6 is 0 Å². The number of rotatable bonds is 4. The van der Waals surface area contributed by atoms with Crippen molar-refractivity contribution < 1.29 is 4.42 Å². The van der Waals surface area contributed by atoms with Crippen LogP contribution in [0, 0.1) is 0 Å². The molecule has 0 saturated carbocycles. The van der Waals surface area contributed by atoms with Gasteiger partial charge in [-0.1, -0.05) is 152 Å². The molecule has 0 aliphatic rings. The van der Waals surface area contributed by atoms with Gasteiger partial charge in [-0.25, -0.2) is 15.0 Å². The molecule has 0 saturated heterocycles. The Balaban J connectivity index is 1.22. The summed E-state index contributed by atoms with van der Waals surface area (Å²) >= 11 is 0. The zero-order valence-corrected chi connectivity index (χ0v) is 26.3. The topological polar surface area (TPSA) is 51.8 Å². The molecule has 0 atom stereocenters. The number of hydrogen-bond donors (Lipinski definition) is 0. The van der Waals surface area contributed by atoms with E-state index in [1.54, 1.807) is 0 Å². The molecule has 4 heteroatoms. The largest absolute Gasteiger partial charge is 0.456 e. The van der Waals surface area contributed by atoms with E-state index in [2.05, 4.69) is 103 Å². The Bertz CT molecular complexity index is 2890. The van der Waals surface area contributed by atoms with Crippen LogP contribution in [0.25, 0.3) is 99.5 Å². The van der Waals surface area contributed by atoms with Crippen LogP contribution in [0.15, 0.2) is 168 Å². The Morgan fingerprint density at radius 3 is 1.65 bits per heavy atom. The standard InChI is InChI=1S/C45H27N3O/c1-2-13-29(14-3-1)43-46-44(48-45(47-43)39-23-11-25-41-42(39)38-16-6-7-24-40(38)49-41)37-22-10-20-33-32(18-9-21-35(33)37)34-19-8-17-31-30-15-5-4-12-28(30)26-27-36(31)34/h1-27H. The van der Waals surface area contributed by atoms with E-state index in [0.717, 1.165) is 49.4 Å². The minimum atomic E-state index is 0.607. The highest BCUT2D eigenvalue weighted by atomic mass is 16.3. The van der Waals surface area contributed by atoms with E-state index in [1.165, 1.54) is 32.7 Å². The summed E-state index contributed by atoms with van der Waals surface area (Å²) in [6.45, 7) is 0. The molecule has 0 amide bonds. The first-order valence-corrected chi connectivity index (χ1v) is 16.5. The molecule has 0 bridgehead atoms. The first-order chi connectivity index (χ1) is 24.3. The van der Waals surface area contributed by atoms with Crippen LogP contribution in [0.5, 0.6) is 0 Å². The van der Waals surface area contributed by atoms with Gasteiger partial charge in [-0.05, 0) is 55.6 Å². The summed E-state index contributed by atoms with van der Waals surface area (Å²) in [5.74, 6) is 1.86. The van der Waals surface area contributed by atoms with Crippen molar-refractivity contribution in [2.45, 2.75) is 0 Å². The van der Waals surface area contributed by atoms with Gasteiger partial charge in [0.2, 0.25) is 0 Å². The van der Waals surface area contributed by atoms with E-state index in [-0.39, 0.29) is 0 Å². The summed E-state index contributed by atoms with van der Waals surface area (Å²) in [4.78, 5) is 15.4. The predicted octanol–water partition coefficient (Wildman–Crippen LogP) is 11.9. The molecule has 2 aromatic heterocycles. The van der Waals surface area contributed by atoms with E-state index < -0.39 is 0 Å². The Labute approximate surface area is 282 Å². The third kappa shape index (κ3) is 4.42. The number of furan rings is 1. The maximum atomic E-state index is 6.24. The van der Waals surface area contributed by atoms with Crippen molar-refractivity contribution >= 4 is 54.3 Å². The fourth-order valence-corrected chi connectivity index (χ4v) is 7.31. The first kappa shape index (κ1) is 27.5. The maximum Gasteiger partial charge on any atom is 0.164 e. The normalized spacial score (nSPS) is 11.7. The molecule has 0 fully saturated rings. The third-order valence-corrected chi connectivity index (χ3v) is 9.55. The molecule has 8 aromatic carbocycles. The van der Waals surface area contributed by atoms with E-state index in [0.29, 0.717) is 17.5 Å².